The Balaban J connectivity index is 2.27. The van der Waals surface area contributed by atoms with Crippen molar-refractivity contribution in [2.75, 3.05) is 6.61 Å². The lowest BCUT2D eigenvalue weighted by molar-refractivity contribution is -0.141. The van der Waals surface area contributed by atoms with Gasteiger partial charge in [0.2, 0.25) is 11.8 Å². The second-order valence-corrected chi connectivity index (χ2v) is 6.35. The topological polar surface area (TPSA) is 72.5 Å². The lowest BCUT2D eigenvalue weighted by Gasteiger charge is -2.36. The van der Waals surface area contributed by atoms with E-state index in [-0.39, 0.29) is 30.8 Å². The molecule has 23 heavy (non-hydrogen) atoms. The minimum atomic E-state index is -0.873. The van der Waals surface area contributed by atoms with Crippen LogP contribution in [0, 0.1) is 0 Å². The Kier molecular flexibility index (Phi) is 5.65. The predicted octanol–water partition coefficient (Wildman–Crippen LogP) is 3.01. The maximum absolute atomic E-state index is 12.5. The lowest BCUT2D eigenvalue weighted by atomic mass is 9.71. The Morgan fingerprint density at radius 1 is 1.30 bits per heavy atom. The molecular formula is C16H17Cl2NO4. The van der Waals surface area contributed by atoms with Crippen LogP contribution in [0.15, 0.2) is 18.2 Å². The van der Waals surface area contributed by atoms with Gasteiger partial charge in [-0.05, 0) is 37.0 Å². The van der Waals surface area contributed by atoms with E-state index in [9.17, 15) is 14.4 Å². The highest BCUT2D eigenvalue weighted by Gasteiger charge is 2.43. The van der Waals surface area contributed by atoms with Gasteiger partial charge in [-0.15, -0.1) is 0 Å². The quantitative estimate of drug-likeness (QED) is 0.499. The first-order chi connectivity index (χ1) is 10.8. The molecule has 1 fully saturated rings. The van der Waals surface area contributed by atoms with Crippen molar-refractivity contribution < 1.29 is 19.1 Å². The first-order valence-corrected chi connectivity index (χ1v) is 8.04. The maximum Gasteiger partial charge on any atom is 0.302 e. The van der Waals surface area contributed by atoms with E-state index in [1.807, 2.05) is 0 Å². The number of ether oxygens (including phenoxy) is 1. The molecule has 0 aromatic heterocycles. The molecule has 0 unspecified atom stereocenters. The van der Waals surface area contributed by atoms with Crippen molar-refractivity contribution in [3.63, 3.8) is 0 Å². The summed E-state index contributed by atoms with van der Waals surface area (Å²) in [6, 6.07) is 5.04. The summed E-state index contributed by atoms with van der Waals surface area (Å²) < 4.78 is 4.93. The summed E-state index contributed by atoms with van der Waals surface area (Å²) in [7, 11) is 0. The highest BCUT2D eigenvalue weighted by atomic mass is 35.5. The number of carbonyl (C=O) groups excluding carboxylic acids is 3. The molecule has 0 radical (unpaired) electrons. The Morgan fingerprint density at radius 3 is 2.65 bits per heavy atom. The van der Waals surface area contributed by atoms with E-state index >= 15 is 0 Å². The van der Waals surface area contributed by atoms with Crippen LogP contribution in [0.1, 0.15) is 38.2 Å². The van der Waals surface area contributed by atoms with Gasteiger partial charge in [-0.2, -0.15) is 0 Å². The fourth-order valence-electron chi connectivity index (χ4n) is 2.79. The SMILES string of the molecule is CC(=O)OCCC[C@]1(c2ccc(Cl)c(Cl)c2)CCC(=O)NC1=O. The lowest BCUT2D eigenvalue weighted by Crippen LogP contribution is -2.51. The Labute approximate surface area is 144 Å². The zero-order valence-corrected chi connectivity index (χ0v) is 14.2. The Bertz CT molecular complexity index is 647. The van der Waals surface area contributed by atoms with Gasteiger partial charge in [-0.3, -0.25) is 19.7 Å². The largest absolute Gasteiger partial charge is 0.466 e. The van der Waals surface area contributed by atoms with Gasteiger partial charge in [0.15, 0.2) is 0 Å². The third-order valence-corrected chi connectivity index (χ3v) is 4.73. The molecular weight excluding hydrogens is 341 g/mol. The standard InChI is InChI=1S/C16H17Cl2NO4/c1-10(20)23-8-2-6-16(7-5-14(21)19-15(16)22)11-3-4-12(17)13(18)9-11/h3-4,9H,2,5-8H2,1H3,(H,19,21,22)/t16-/m1/s1. The molecule has 1 N–H and O–H groups in total. The van der Waals surface area contributed by atoms with Crippen molar-refractivity contribution in [1.82, 2.24) is 5.32 Å². The van der Waals surface area contributed by atoms with E-state index in [0.29, 0.717) is 34.9 Å². The maximum atomic E-state index is 12.5. The summed E-state index contributed by atoms with van der Waals surface area (Å²) in [6.45, 7) is 1.56. The van der Waals surface area contributed by atoms with Crippen LogP contribution in [0.4, 0.5) is 0 Å². The molecule has 2 amide bonds. The van der Waals surface area contributed by atoms with Gasteiger partial charge in [-0.1, -0.05) is 29.3 Å². The number of hydrogen-bond acceptors (Lipinski definition) is 4. The monoisotopic (exact) mass is 357 g/mol. The van der Waals surface area contributed by atoms with Crippen molar-refractivity contribution in [1.29, 1.82) is 0 Å². The van der Waals surface area contributed by atoms with Gasteiger partial charge in [0.1, 0.15) is 0 Å². The molecule has 5 nitrogen and oxygen atoms in total. The van der Waals surface area contributed by atoms with E-state index in [1.54, 1.807) is 18.2 Å². The van der Waals surface area contributed by atoms with E-state index in [2.05, 4.69) is 5.32 Å². The smallest absolute Gasteiger partial charge is 0.302 e. The van der Waals surface area contributed by atoms with Crippen LogP contribution >= 0.6 is 23.2 Å². The van der Waals surface area contributed by atoms with Crippen LogP contribution in [-0.4, -0.2) is 24.4 Å². The first kappa shape index (κ1) is 17.8. The number of carbonyl (C=O) groups is 3. The predicted molar refractivity (Wildman–Crippen MR) is 86.4 cm³/mol. The molecule has 124 valence electrons. The van der Waals surface area contributed by atoms with Gasteiger partial charge in [0.05, 0.1) is 22.1 Å². The van der Waals surface area contributed by atoms with Gasteiger partial charge < -0.3 is 4.74 Å². The molecule has 1 saturated heterocycles. The van der Waals surface area contributed by atoms with Gasteiger partial charge in [0.25, 0.3) is 0 Å². The third kappa shape index (κ3) is 4.03. The summed E-state index contributed by atoms with van der Waals surface area (Å²) in [4.78, 5) is 34.9. The summed E-state index contributed by atoms with van der Waals surface area (Å²) in [5, 5.41) is 3.15. The van der Waals surface area contributed by atoms with E-state index < -0.39 is 5.41 Å². The Morgan fingerprint density at radius 2 is 2.04 bits per heavy atom. The highest BCUT2D eigenvalue weighted by molar-refractivity contribution is 6.42. The van der Waals surface area contributed by atoms with Crippen molar-refractivity contribution in [2.45, 2.75) is 38.0 Å². The summed E-state index contributed by atoms with van der Waals surface area (Å²) in [6.07, 6.45) is 1.58. The summed E-state index contributed by atoms with van der Waals surface area (Å²) in [5.74, 6) is -1.00. The number of benzene rings is 1. The molecule has 0 saturated carbocycles. The van der Waals surface area contributed by atoms with Crippen LogP contribution in [0.3, 0.4) is 0 Å². The molecule has 1 atom stereocenters. The number of halogens is 2. The number of piperidine rings is 1. The molecule has 1 heterocycles. The fraction of sp³-hybridized carbons (Fsp3) is 0.438. The zero-order chi connectivity index (χ0) is 17.0. The molecule has 0 spiro atoms. The summed E-state index contributed by atoms with van der Waals surface area (Å²) in [5.41, 5.74) is -0.165. The molecule has 0 bridgehead atoms. The molecule has 1 aromatic rings. The van der Waals surface area contributed by atoms with Gasteiger partial charge in [-0.25, -0.2) is 0 Å². The highest BCUT2D eigenvalue weighted by Crippen LogP contribution is 2.39. The Hall–Kier alpha value is -1.59. The zero-order valence-electron chi connectivity index (χ0n) is 12.7. The van der Waals surface area contributed by atoms with Gasteiger partial charge in [0, 0.05) is 13.3 Å². The van der Waals surface area contributed by atoms with Crippen LogP contribution in [0.2, 0.25) is 10.0 Å². The number of rotatable bonds is 5. The van der Waals surface area contributed by atoms with Crippen LogP contribution < -0.4 is 5.32 Å². The van der Waals surface area contributed by atoms with Crippen molar-refractivity contribution in [3.8, 4) is 0 Å². The van der Waals surface area contributed by atoms with E-state index in [1.165, 1.54) is 6.92 Å². The minimum absolute atomic E-state index is 0.222. The van der Waals surface area contributed by atoms with Crippen molar-refractivity contribution in [3.05, 3.63) is 33.8 Å². The number of nitrogens with one attached hydrogen (secondary N) is 1. The average Bonchev–Trinajstić information content (AvgIpc) is 2.48. The van der Waals surface area contributed by atoms with Crippen LogP contribution in [0.25, 0.3) is 0 Å². The molecule has 2 rings (SSSR count). The van der Waals surface area contributed by atoms with Crippen molar-refractivity contribution >= 4 is 41.0 Å². The molecule has 7 heteroatoms. The van der Waals surface area contributed by atoms with Crippen LogP contribution in [-0.2, 0) is 24.5 Å². The van der Waals surface area contributed by atoms with E-state index in [4.69, 9.17) is 27.9 Å². The second-order valence-electron chi connectivity index (χ2n) is 5.53. The number of imide groups is 1. The fourth-order valence-corrected chi connectivity index (χ4v) is 3.09. The molecule has 1 aliphatic heterocycles. The first-order valence-electron chi connectivity index (χ1n) is 7.28. The summed E-state index contributed by atoms with van der Waals surface area (Å²) >= 11 is 12.0. The normalized spacial score (nSPS) is 21.0. The minimum Gasteiger partial charge on any atom is -0.466 e. The number of esters is 1. The van der Waals surface area contributed by atoms with Gasteiger partial charge >= 0.3 is 5.97 Å². The van der Waals surface area contributed by atoms with E-state index in [0.717, 1.165) is 0 Å². The van der Waals surface area contributed by atoms with Crippen molar-refractivity contribution in [2.24, 2.45) is 0 Å². The number of hydrogen-bond donors (Lipinski definition) is 1. The molecule has 0 aliphatic carbocycles. The molecule has 1 aliphatic rings. The molecule has 1 aromatic carbocycles. The number of amides is 2. The average molecular weight is 358 g/mol. The second kappa shape index (κ2) is 7.32. The van der Waals surface area contributed by atoms with Crippen LogP contribution in [0.5, 0.6) is 0 Å². The third-order valence-electron chi connectivity index (χ3n) is 3.99.